The first kappa shape index (κ1) is 23.9. The number of hydrogen-bond acceptors (Lipinski definition) is 7. The number of rotatable bonds is 7. The lowest BCUT2D eigenvalue weighted by Crippen LogP contribution is -2.22. The second-order valence-electron chi connectivity index (χ2n) is 7.83. The van der Waals surface area contributed by atoms with Gasteiger partial charge in [-0.15, -0.1) is 0 Å². The molecule has 9 nitrogen and oxygen atoms in total. The number of methoxy groups -OCH3 is 1. The topological polar surface area (TPSA) is 94.7 Å². The van der Waals surface area contributed by atoms with Crippen molar-refractivity contribution in [2.45, 2.75) is 19.2 Å². The van der Waals surface area contributed by atoms with Crippen molar-refractivity contribution in [3.8, 4) is 11.6 Å². The number of hydrogen-bond donors (Lipinski definition) is 0. The number of ether oxygens (including phenoxy) is 2. The van der Waals surface area contributed by atoms with Gasteiger partial charge in [-0.3, -0.25) is 9.78 Å². The van der Waals surface area contributed by atoms with Crippen LogP contribution in [0.3, 0.4) is 0 Å². The maximum absolute atomic E-state index is 12.7. The van der Waals surface area contributed by atoms with Crippen molar-refractivity contribution in [1.82, 2.24) is 29.5 Å². The molecular weight excluding hydrogens is 465 g/mol. The average Bonchev–Trinajstić information content (AvgIpc) is 3.24. The molecule has 1 amide bonds. The largest absolute Gasteiger partial charge is 0.491 e. The zero-order valence-electron chi connectivity index (χ0n) is 19.1. The molecule has 4 rings (SSSR count). The second kappa shape index (κ2) is 9.57. The van der Waals surface area contributed by atoms with Crippen LogP contribution in [0.1, 0.15) is 32.9 Å². The molecule has 0 spiro atoms. The highest BCUT2D eigenvalue weighted by Crippen LogP contribution is 2.29. The lowest BCUT2D eigenvalue weighted by atomic mass is 10.1. The molecule has 0 saturated carbocycles. The Morgan fingerprint density at radius 2 is 1.80 bits per heavy atom. The summed E-state index contributed by atoms with van der Waals surface area (Å²) >= 11 is 0. The van der Waals surface area contributed by atoms with Gasteiger partial charge in [-0.05, 0) is 23.8 Å². The molecule has 4 aromatic heterocycles. The number of fused-ring (bicyclic) bond motifs is 1. The summed E-state index contributed by atoms with van der Waals surface area (Å²) in [5.41, 5.74) is 2.03. The first-order valence-electron chi connectivity index (χ1n) is 10.4. The quantitative estimate of drug-likeness (QED) is 0.395. The Balaban J connectivity index is 1.47. The number of amides is 1. The van der Waals surface area contributed by atoms with Gasteiger partial charge in [0.2, 0.25) is 0 Å². The van der Waals surface area contributed by atoms with Gasteiger partial charge in [0, 0.05) is 38.5 Å². The van der Waals surface area contributed by atoms with Gasteiger partial charge in [0.05, 0.1) is 30.8 Å². The molecule has 0 fully saturated rings. The molecule has 4 heterocycles. The molecule has 0 radical (unpaired) electrons. The van der Waals surface area contributed by atoms with E-state index >= 15 is 0 Å². The molecular formula is C23H21F3N6O3. The maximum Gasteiger partial charge on any atom is 0.433 e. The Bertz CT molecular complexity index is 1350. The molecule has 0 N–H and O–H groups in total. The van der Waals surface area contributed by atoms with Crippen LogP contribution in [0.4, 0.5) is 13.2 Å². The van der Waals surface area contributed by atoms with E-state index in [-0.39, 0.29) is 18.4 Å². The number of carbonyl (C=O) groups excluding carboxylic acids is 1. The van der Waals surface area contributed by atoms with Gasteiger partial charge in [-0.2, -0.15) is 18.3 Å². The van der Waals surface area contributed by atoms with E-state index in [1.165, 1.54) is 24.3 Å². The third-order valence-electron chi connectivity index (χ3n) is 5.06. The van der Waals surface area contributed by atoms with E-state index in [4.69, 9.17) is 9.47 Å². The fraction of sp³-hybridized carbons (Fsp3) is 0.261. The van der Waals surface area contributed by atoms with Crippen LogP contribution < -0.4 is 9.47 Å². The van der Waals surface area contributed by atoms with Crippen LogP contribution in [0.25, 0.3) is 5.65 Å². The Hall–Kier alpha value is -4.22. The van der Waals surface area contributed by atoms with Crippen molar-refractivity contribution in [3.05, 3.63) is 77.1 Å². The number of nitrogens with zero attached hydrogens (tertiary/aromatic N) is 6. The number of halogens is 3. The summed E-state index contributed by atoms with van der Waals surface area (Å²) in [5, 5.41) is 4.34. The van der Waals surface area contributed by atoms with Crippen LogP contribution in [0.5, 0.6) is 11.6 Å². The zero-order chi connectivity index (χ0) is 25.2. The Labute approximate surface area is 198 Å². The molecule has 12 heteroatoms. The highest BCUT2D eigenvalue weighted by molar-refractivity contribution is 5.94. The minimum absolute atomic E-state index is 0.0287. The van der Waals surface area contributed by atoms with E-state index < -0.39 is 11.9 Å². The van der Waals surface area contributed by atoms with Gasteiger partial charge in [-0.25, -0.2) is 14.5 Å². The van der Waals surface area contributed by atoms with Gasteiger partial charge in [-0.1, -0.05) is 6.07 Å². The van der Waals surface area contributed by atoms with E-state index in [0.717, 1.165) is 23.5 Å². The zero-order valence-corrected chi connectivity index (χ0v) is 19.1. The van der Waals surface area contributed by atoms with Crippen LogP contribution >= 0.6 is 0 Å². The predicted molar refractivity (Wildman–Crippen MR) is 118 cm³/mol. The number of alkyl halides is 3. The van der Waals surface area contributed by atoms with E-state index in [2.05, 4.69) is 20.1 Å². The lowest BCUT2D eigenvalue weighted by Gasteiger charge is -2.12. The van der Waals surface area contributed by atoms with Crippen molar-refractivity contribution in [1.29, 1.82) is 0 Å². The highest BCUT2D eigenvalue weighted by atomic mass is 19.4. The van der Waals surface area contributed by atoms with Crippen molar-refractivity contribution in [3.63, 3.8) is 0 Å². The fourth-order valence-electron chi connectivity index (χ4n) is 3.28. The Morgan fingerprint density at radius 3 is 2.46 bits per heavy atom. The van der Waals surface area contributed by atoms with Gasteiger partial charge in [0.25, 0.3) is 11.8 Å². The summed E-state index contributed by atoms with van der Waals surface area (Å²) in [7, 11) is 4.79. The first-order chi connectivity index (χ1) is 16.7. The molecule has 0 aliphatic carbocycles. The standard InChI is InChI=1S/C23H21F3N6O3/c1-31(2)22(33)16-8-20-28-12-17(32(20)30-11-16)6-15-7-18(34-3)21(29-10-15)35-13-14-4-5-19(27-9-14)23(24,25)26/h4-5,7-12H,6,13H2,1-3H3. The maximum atomic E-state index is 12.7. The highest BCUT2D eigenvalue weighted by Gasteiger charge is 2.32. The summed E-state index contributed by atoms with van der Waals surface area (Å²) in [4.78, 5) is 25.7. The normalized spacial score (nSPS) is 11.5. The van der Waals surface area contributed by atoms with Crippen LogP contribution in [0, 0.1) is 0 Å². The molecule has 0 atom stereocenters. The SMILES string of the molecule is COc1cc(Cc2cnc3cc(C(=O)N(C)C)cnn23)cnc1OCc1ccc(C(F)(F)F)nc1. The summed E-state index contributed by atoms with van der Waals surface area (Å²) < 4.78 is 50.6. The minimum Gasteiger partial charge on any atom is -0.491 e. The summed E-state index contributed by atoms with van der Waals surface area (Å²) in [6.45, 7) is -0.0287. The van der Waals surface area contributed by atoms with E-state index in [1.54, 1.807) is 43.1 Å². The van der Waals surface area contributed by atoms with Crippen molar-refractivity contribution < 1.29 is 27.4 Å². The Morgan fingerprint density at radius 1 is 1.03 bits per heavy atom. The lowest BCUT2D eigenvalue weighted by molar-refractivity contribution is -0.141. The van der Waals surface area contributed by atoms with Crippen LogP contribution in [-0.4, -0.2) is 56.6 Å². The molecule has 0 bridgehead atoms. The molecule has 4 aromatic rings. The van der Waals surface area contributed by atoms with Crippen molar-refractivity contribution in [2.75, 3.05) is 21.2 Å². The number of pyridine rings is 2. The predicted octanol–water partition coefficient (Wildman–Crippen LogP) is 3.42. The van der Waals surface area contributed by atoms with Crippen LogP contribution in [-0.2, 0) is 19.2 Å². The summed E-state index contributed by atoms with van der Waals surface area (Å²) in [5.74, 6) is 0.392. The smallest absolute Gasteiger partial charge is 0.433 e. The fourth-order valence-corrected chi connectivity index (χ4v) is 3.28. The molecule has 0 aliphatic heterocycles. The molecule has 0 aliphatic rings. The number of aromatic nitrogens is 5. The summed E-state index contributed by atoms with van der Waals surface area (Å²) in [6.07, 6.45) is 1.81. The van der Waals surface area contributed by atoms with Gasteiger partial charge >= 0.3 is 6.18 Å². The van der Waals surface area contributed by atoms with Crippen molar-refractivity contribution in [2.24, 2.45) is 0 Å². The average molecular weight is 486 g/mol. The number of carbonyl (C=O) groups is 1. The third-order valence-corrected chi connectivity index (χ3v) is 5.06. The number of imidazole rings is 1. The molecule has 0 unspecified atom stereocenters. The molecule has 0 saturated heterocycles. The van der Waals surface area contributed by atoms with Crippen LogP contribution in [0.15, 0.2) is 49.1 Å². The van der Waals surface area contributed by atoms with E-state index in [0.29, 0.717) is 28.9 Å². The van der Waals surface area contributed by atoms with Gasteiger partial charge < -0.3 is 14.4 Å². The molecule has 0 aromatic carbocycles. The summed E-state index contributed by atoms with van der Waals surface area (Å²) in [6, 6.07) is 5.61. The third kappa shape index (κ3) is 5.31. The Kier molecular flexibility index (Phi) is 6.54. The first-order valence-corrected chi connectivity index (χ1v) is 10.4. The van der Waals surface area contributed by atoms with Gasteiger partial charge in [0.15, 0.2) is 11.4 Å². The van der Waals surface area contributed by atoms with E-state index in [1.807, 2.05) is 0 Å². The molecule has 182 valence electrons. The monoisotopic (exact) mass is 486 g/mol. The van der Waals surface area contributed by atoms with Crippen molar-refractivity contribution >= 4 is 11.6 Å². The minimum atomic E-state index is -4.50. The second-order valence-corrected chi connectivity index (χ2v) is 7.83. The molecule has 35 heavy (non-hydrogen) atoms. The van der Waals surface area contributed by atoms with Gasteiger partial charge in [0.1, 0.15) is 12.3 Å². The van der Waals surface area contributed by atoms with Crippen LogP contribution in [0.2, 0.25) is 0 Å². The van der Waals surface area contributed by atoms with E-state index in [9.17, 15) is 18.0 Å².